The van der Waals surface area contributed by atoms with Crippen LogP contribution in [0.5, 0.6) is 0 Å². The summed E-state index contributed by atoms with van der Waals surface area (Å²) >= 11 is 0. The number of carbonyl (C=O) groups is 2. The molecule has 0 spiro atoms. The second kappa shape index (κ2) is 15.5. The summed E-state index contributed by atoms with van der Waals surface area (Å²) in [4.78, 5) is 19.9. The third-order valence-electron chi connectivity index (χ3n) is 2.23. The van der Waals surface area contributed by atoms with Crippen molar-refractivity contribution in [1.82, 2.24) is 0 Å². The number of hydrogen-bond acceptors (Lipinski definition) is 4. The quantitative estimate of drug-likeness (QED) is 0.498. The fourth-order valence-corrected chi connectivity index (χ4v) is 1.04. The average Bonchev–Trinajstić information content (AvgIpc) is 2.33. The van der Waals surface area contributed by atoms with Crippen LogP contribution in [0.2, 0.25) is 0 Å². The molecule has 2 atom stereocenters. The van der Waals surface area contributed by atoms with Crippen molar-refractivity contribution in [2.24, 2.45) is 0 Å². The fraction of sp³-hybridized carbons (Fsp3) is 0.833. The maximum absolute atomic E-state index is 9.96. The first kappa shape index (κ1) is 23.6. The van der Waals surface area contributed by atoms with E-state index in [1.54, 1.807) is 0 Å². The normalized spacial score (nSPS) is 12.4. The predicted octanol–water partition coefficient (Wildman–Crippen LogP) is 1.24. The summed E-state index contributed by atoms with van der Waals surface area (Å²) in [5.41, 5.74) is 0. The van der Waals surface area contributed by atoms with Gasteiger partial charge in [-0.1, -0.05) is 39.5 Å². The molecule has 0 aliphatic carbocycles. The van der Waals surface area contributed by atoms with Gasteiger partial charge in [0.1, 0.15) is 0 Å². The van der Waals surface area contributed by atoms with Crippen LogP contribution in [0.25, 0.3) is 0 Å². The van der Waals surface area contributed by atoms with Gasteiger partial charge in [0.15, 0.2) is 12.2 Å². The van der Waals surface area contributed by atoms with Crippen LogP contribution >= 0.6 is 0 Å². The van der Waals surface area contributed by atoms with Gasteiger partial charge in [-0.25, -0.2) is 9.59 Å². The van der Waals surface area contributed by atoms with E-state index in [0.717, 1.165) is 25.7 Å². The largest absolute Gasteiger partial charge is 0.479 e. The molecule has 0 amide bonds. The molecule has 0 saturated heterocycles. The summed E-state index contributed by atoms with van der Waals surface area (Å²) in [6, 6.07) is 0. The van der Waals surface area contributed by atoms with Crippen LogP contribution in [0.15, 0.2) is 0 Å². The molecule has 0 fully saturated rings. The number of aliphatic hydroxyl groups excluding tert-OH is 2. The first-order valence-electron chi connectivity index (χ1n) is 6.18. The molecule has 110 valence electrons. The first-order valence-corrected chi connectivity index (χ1v) is 6.18. The van der Waals surface area contributed by atoms with E-state index >= 15 is 0 Å². The summed E-state index contributed by atoms with van der Waals surface area (Å²) in [6.45, 7) is 3.91. The van der Waals surface area contributed by atoms with Crippen molar-refractivity contribution in [2.75, 3.05) is 0 Å². The van der Waals surface area contributed by atoms with E-state index in [1.807, 2.05) is 13.8 Å². The number of hydrogen-bond donors (Lipinski definition) is 4. The van der Waals surface area contributed by atoms with Gasteiger partial charge >= 0.3 is 11.9 Å². The zero-order chi connectivity index (χ0) is 14.6. The maximum atomic E-state index is 9.96. The fourth-order valence-electron chi connectivity index (χ4n) is 1.04. The van der Waals surface area contributed by atoms with Crippen LogP contribution in [0.1, 0.15) is 52.4 Å². The zero-order valence-corrected chi connectivity index (χ0v) is 14.7. The van der Waals surface area contributed by atoms with Crippen LogP contribution in [0.4, 0.5) is 0 Å². The van der Waals surface area contributed by atoms with Gasteiger partial charge in [0.2, 0.25) is 0 Å². The summed E-state index contributed by atoms with van der Waals surface area (Å²) < 4.78 is 0. The molecule has 4 N–H and O–H groups in total. The molecule has 6 nitrogen and oxygen atoms in total. The number of unbranched alkanes of at least 4 members (excludes halogenated alkanes) is 2. The zero-order valence-electron chi connectivity index (χ0n) is 11.7. The van der Waals surface area contributed by atoms with E-state index in [1.165, 1.54) is 0 Å². The van der Waals surface area contributed by atoms with Crippen molar-refractivity contribution in [3.63, 3.8) is 0 Å². The number of rotatable bonds is 8. The van der Waals surface area contributed by atoms with Gasteiger partial charge in [-0.2, -0.15) is 0 Å². The number of aliphatic carboxylic acids is 2. The van der Waals surface area contributed by atoms with E-state index in [2.05, 4.69) is 0 Å². The van der Waals surface area contributed by atoms with Crippen molar-refractivity contribution in [3.8, 4) is 0 Å². The Balaban J connectivity index is -0.000000256. The Morgan fingerprint density at radius 3 is 1.26 bits per heavy atom. The van der Waals surface area contributed by atoms with Crippen LogP contribution < -0.4 is 0 Å². The first-order chi connectivity index (χ1) is 8.36. The van der Waals surface area contributed by atoms with Gasteiger partial charge in [0.25, 0.3) is 0 Å². The summed E-state index contributed by atoms with van der Waals surface area (Å²) in [5, 5.41) is 33.6. The molecule has 19 heavy (non-hydrogen) atoms. The molecule has 7 heteroatoms. The number of aliphatic hydroxyl groups is 2. The van der Waals surface area contributed by atoms with Gasteiger partial charge in [0.05, 0.1) is 0 Å². The maximum Gasteiger partial charge on any atom is 0.332 e. The smallest absolute Gasteiger partial charge is 0.332 e. The van der Waals surface area contributed by atoms with Gasteiger partial charge < -0.3 is 20.4 Å². The van der Waals surface area contributed by atoms with Crippen LogP contribution in [-0.4, -0.2) is 44.6 Å². The standard InChI is InChI=1S/2C6H12O3.Zn/c2*1-2-3-4-5(7)6(8)9;/h2*5,7H,2-4H2,1H3,(H,8,9);. The molecule has 0 aliphatic rings. The number of carboxylic acids is 2. The molecular formula is C12H24O6Zn. The topological polar surface area (TPSA) is 115 Å². The van der Waals surface area contributed by atoms with Crippen molar-refractivity contribution in [1.29, 1.82) is 0 Å². The minimum Gasteiger partial charge on any atom is -0.479 e. The average molecular weight is 330 g/mol. The van der Waals surface area contributed by atoms with Crippen molar-refractivity contribution >= 4 is 11.9 Å². The van der Waals surface area contributed by atoms with Gasteiger partial charge in [-0.15, -0.1) is 0 Å². The molecule has 0 aromatic heterocycles. The van der Waals surface area contributed by atoms with Crippen molar-refractivity contribution < 1.29 is 49.5 Å². The molecule has 0 aromatic rings. The second-order valence-electron chi connectivity index (χ2n) is 3.99. The van der Waals surface area contributed by atoms with E-state index in [-0.39, 0.29) is 19.5 Å². The van der Waals surface area contributed by atoms with Crippen molar-refractivity contribution in [3.05, 3.63) is 0 Å². The molecule has 0 rings (SSSR count). The second-order valence-corrected chi connectivity index (χ2v) is 3.99. The Kier molecular flexibility index (Phi) is 19.3. The summed E-state index contributed by atoms with van der Waals surface area (Å²) in [6.07, 6.45) is 1.79. The van der Waals surface area contributed by atoms with Crippen LogP contribution in [-0.2, 0) is 29.1 Å². The SMILES string of the molecule is CCCCC(O)C(=O)O.CCCCC(O)C(=O)O.[Zn]. The molecule has 0 bridgehead atoms. The Hall–Kier alpha value is -0.517. The molecule has 0 heterocycles. The Morgan fingerprint density at radius 2 is 1.11 bits per heavy atom. The van der Waals surface area contributed by atoms with Crippen molar-refractivity contribution in [2.45, 2.75) is 64.6 Å². The van der Waals surface area contributed by atoms with E-state index < -0.39 is 24.1 Å². The van der Waals surface area contributed by atoms with E-state index in [9.17, 15) is 9.59 Å². The third kappa shape index (κ3) is 17.5. The molecule has 0 aromatic carbocycles. The molecule has 0 radical (unpaired) electrons. The van der Waals surface area contributed by atoms with Gasteiger partial charge in [-0.3, -0.25) is 0 Å². The molecular weight excluding hydrogens is 306 g/mol. The molecule has 0 saturated carbocycles. The summed E-state index contributed by atoms with van der Waals surface area (Å²) in [5.74, 6) is -2.24. The van der Waals surface area contributed by atoms with Gasteiger partial charge in [-0.05, 0) is 12.8 Å². The third-order valence-corrected chi connectivity index (χ3v) is 2.23. The Morgan fingerprint density at radius 1 is 0.842 bits per heavy atom. The van der Waals surface area contributed by atoms with Gasteiger partial charge in [0, 0.05) is 19.5 Å². The number of carboxylic acid groups (broad SMARTS) is 2. The molecule has 2 unspecified atom stereocenters. The van der Waals surface area contributed by atoms with Crippen LogP contribution in [0, 0.1) is 0 Å². The van der Waals surface area contributed by atoms with E-state index in [4.69, 9.17) is 20.4 Å². The van der Waals surface area contributed by atoms with Crippen LogP contribution in [0.3, 0.4) is 0 Å². The minimum atomic E-state index is -1.16. The minimum absolute atomic E-state index is 0. The van der Waals surface area contributed by atoms with E-state index in [0.29, 0.717) is 12.8 Å². The Labute approximate surface area is 126 Å². The Bertz CT molecular complexity index is 210. The molecule has 0 aliphatic heterocycles. The predicted molar refractivity (Wildman–Crippen MR) is 66.3 cm³/mol. The summed E-state index contributed by atoms with van der Waals surface area (Å²) in [7, 11) is 0. The monoisotopic (exact) mass is 328 g/mol.